The van der Waals surface area contributed by atoms with Crippen LogP contribution in [0, 0.1) is 41.9 Å². The van der Waals surface area contributed by atoms with Crippen LogP contribution in [0.4, 0.5) is 0 Å². The number of Topliss-reactive ketones (excluding diaryl/α,β-unsaturated/α-hetero) is 1. The number of ketones is 1. The molecule has 0 radical (unpaired) electrons. The molecule has 2 N–H and O–H groups in total. The van der Waals surface area contributed by atoms with E-state index < -0.39 is 5.60 Å². The van der Waals surface area contributed by atoms with Crippen LogP contribution in [0.15, 0.2) is 30.4 Å². The SMILES string of the molecule is Cc1ccc(O)cc1CC[C@]1(O)C(=O)CC[C@]2(C)[C@@H]([C@H](C)/C=C/[C@@H](C)C(C)C)CC[C@H]21. The summed E-state index contributed by atoms with van der Waals surface area (Å²) < 4.78 is 0. The monoisotopic (exact) mass is 426 g/mol. The van der Waals surface area contributed by atoms with Crippen molar-refractivity contribution in [1.29, 1.82) is 0 Å². The van der Waals surface area contributed by atoms with Crippen LogP contribution >= 0.6 is 0 Å². The number of phenols is 1. The van der Waals surface area contributed by atoms with Crippen LogP contribution in [0.3, 0.4) is 0 Å². The van der Waals surface area contributed by atoms with Gasteiger partial charge in [0.15, 0.2) is 5.78 Å². The van der Waals surface area contributed by atoms with Crippen molar-refractivity contribution in [2.24, 2.45) is 35.0 Å². The van der Waals surface area contributed by atoms with Gasteiger partial charge in [0.05, 0.1) is 0 Å². The zero-order valence-corrected chi connectivity index (χ0v) is 20.3. The highest BCUT2D eigenvalue weighted by molar-refractivity contribution is 5.88. The van der Waals surface area contributed by atoms with Crippen molar-refractivity contribution in [2.75, 3.05) is 0 Å². The number of aryl methyl sites for hydroxylation is 2. The third-order valence-corrected chi connectivity index (χ3v) is 8.87. The number of fused-ring (bicyclic) bond motifs is 1. The Morgan fingerprint density at radius 3 is 2.55 bits per heavy atom. The van der Waals surface area contributed by atoms with Crippen molar-refractivity contribution in [1.82, 2.24) is 0 Å². The zero-order valence-electron chi connectivity index (χ0n) is 20.3. The second-order valence-electron chi connectivity index (χ2n) is 11.0. The lowest BCUT2D eigenvalue weighted by Crippen LogP contribution is -2.56. The van der Waals surface area contributed by atoms with Crippen LogP contribution in [-0.2, 0) is 11.2 Å². The second-order valence-corrected chi connectivity index (χ2v) is 11.0. The molecule has 0 unspecified atom stereocenters. The maximum Gasteiger partial charge on any atom is 0.164 e. The summed E-state index contributed by atoms with van der Waals surface area (Å²) in [6.07, 6.45) is 9.14. The molecule has 0 aliphatic heterocycles. The highest BCUT2D eigenvalue weighted by Gasteiger charge is 2.60. The number of allylic oxidation sites excluding steroid dienone is 2. The Hall–Kier alpha value is -1.61. The van der Waals surface area contributed by atoms with E-state index in [0.29, 0.717) is 42.9 Å². The largest absolute Gasteiger partial charge is 0.508 e. The minimum Gasteiger partial charge on any atom is -0.508 e. The molecule has 0 spiro atoms. The van der Waals surface area contributed by atoms with E-state index in [1.165, 1.54) is 0 Å². The summed E-state index contributed by atoms with van der Waals surface area (Å²) in [5.41, 5.74) is 0.840. The minimum absolute atomic E-state index is 0.0125. The lowest BCUT2D eigenvalue weighted by molar-refractivity contribution is -0.161. The van der Waals surface area contributed by atoms with E-state index in [4.69, 9.17) is 0 Å². The smallest absolute Gasteiger partial charge is 0.164 e. The lowest BCUT2D eigenvalue weighted by atomic mass is 9.56. The number of benzene rings is 1. The molecule has 0 saturated heterocycles. The van der Waals surface area contributed by atoms with Crippen molar-refractivity contribution in [3.05, 3.63) is 41.5 Å². The van der Waals surface area contributed by atoms with Crippen LogP contribution in [-0.4, -0.2) is 21.6 Å². The van der Waals surface area contributed by atoms with Crippen molar-refractivity contribution in [3.63, 3.8) is 0 Å². The van der Waals surface area contributed by atoms with Crippen LogP contribution < -0.4 is 0 Å². The molecule has 2 saturated carbocycles. The fourth-order valence-corrected chi connectivity index (χ4v) is 6.34. The Morgan fingerprint density at radius 1 is 1.16 bits per heavy atom. The molecule has 0 amide bonds. The van der Waals surface area contributed by atoms with Gasteiger partial charge in [-0.3, -0.25) is 4.79 Å². The van der Waals surface area contributed by atoms with E-state index in [9.17, 15) is 15.0 Å². The van der Waals surface area contributed by atoms with Gasteiger partial charge in [-0.2, -0.15) is 0 Å². The van der Waals surface area contributed by atoms with Crippen LogP contribution in [0.1, 0.15) is 77.8 Å². The van der Waals surface area contributed by atoms with Crippen molar-refractivity contribution < 1.29 is 15.0 Å². The predicted octanol–water partition coefficient (Wildman–Crippen LogP) is 6.24. The molecule has 2 fully saturated rings. The van der Waals surface area contributed by atoms with Gasteiger partial charge in [-0.05, 0) is 91.4 Å². The van der Waals surface area contributed by atoms with E-state index in [-0.39, 0.29) is 22.9 Å². The Kier molecular flexibility index (Phi) is 7.05. The molecule has 3 nitrogen and oxygen atoms in total. The summed E-state index contributed by atoms with van der Waals surface area (Å²) in [4.78, 5) is 13.0. The van der Waals surface area contributed by atoms with Gasteiger partial charge in [0.25, 0.3) is 0 Å². The van der Waals surface area contributed by atoms with Gasteiger partial charge in [0, 0.05) is 12.3 Å². The van der Waals surface area contributed by atoms with E-state index in [0.717, 1.165) is 30.4 Å². The molecule has 1 aromatic rings. The van der Waals surface area contributed by atoms with Crippen molar-refractivity contribution in [3.8, 4) is 5.75 Å². The van der Waals surface area contributed by atoms with Gasteiger partial charge in [-0.1, -0.05) is 52.8 Å². The van der Waals surface area contributed by atoms with Crippen molar-refractivity contribution >= 4 is 5.78 Å². The highest BCUT2D eigenvalue weighted by Crippen LogP contribution is 2.60. The lowest BCUT2D eigenvalue weighted by Gasteiger charge is -2.50. The average Bonchev–Trinajstić information content (AvgIpc) is 3.08. The number of hydrogen-bond donors (Lipinski definition) is 2. The predicted molar refractivity (Wildman–Crippen MR) is 127 cm³/mol. The van der Waals surface area contributed by atoms with Crippen LogP contribution in [0.5, 0.6) is 5.75 Å². The van der Waals surface area contributed by atoms with Gasteiger partial charge >= 0.3 is 0 Å². The third kappa shape index (κ3) is 4.62. The fourth-order valence-electron chi connectivity index (χ4n) is 6.34. The van der Waals surface area contributed by atoms with Gasteiger partial charge in [-0.25, -0.2) is 0 Å². The summed E-state index contributed by atoms with van der Waals surface area (Å²) in [7, 11) is 0. The summed E-state index contributed by atoms with van der Waals surface area (Å²) in [5, 5.41) is 21.6. The molecule has 0 bridgehead atoms. The van der Waals surface area contributed by atoms with Crippen LogP contribution in [0.2, 0.25) is 0 Å². The van der Waals surface area contributed by atoms with Gasteiger partial charge in [0.2, 0.25) is 0 Å². The highest BCUT2D eigenvalue weighted by atomic mass is 16.3. The van der Waals surface area contributed by atoms with Crippen molar-refractivity contribution in [2.45, 2.75) is 85.7 Å². The Morgan fingerprint density at radius 2 is 1.87 bits per heavy atom. The van der Waals surface area contributed by atoms with E-state index >= 15 is 0 Å². The minimum atomic E-state index is -1.26. The molecular formula is C28H42O3. The Balaban J connectivity index is 1.79. The Labute approximate surface area is 189 Å². The maximum atomic E-state index is 13.0. The van der Waals surface area contributed by atoms with Crippen LogP contribution in [0.25, 0.3) is 0 Å². The third-order valence-electron chi connectivity index (χ3n) is 8.87. The summed E-state index contributed by atoms with van der Waals surface area (Å²) in [5.74, 6) is 2.41. The molecule has 172 valence electrons. The first-order valence-corrected chi connectivity index (χ1v) is 12.2. The molecule has 3 rings (SSSR count). The summed E-state index contributed by atoms with van der Waals surface area (Å²) in [6.45, 7) is 13.4. The van der Waals surface area contributed by atoms with E-state index in [1.54, 1.807) is 12.1 Å². The number of carbonyl (C=O) groups is 1. The molecule has 6 atom stereocenters. The quantitative estimate of drug-likeness (QED) is 0.507. The fraction of sp³-hybridized carbons (Fsp3) is 0.679. The van der Waals surface area contributed by atoms with Gasteiger partial charge in [-0.15, -0.1) is 0 Å². The Bertz CT molecular complexity index is 826. The molecule has 1 aromatic carbocycles. The molecule has 2 aliphatic carbocycles. The van der Waals surface area contributed by atoms with E-state index in [1.807, 2.05) is 13.0 Å². The topological polar surface area (TPSA) is 57.5 Å². The standard InChI is InChI=1S/C28H42O3/c1-18(2)19(3)7-8-21(5)24-11-12-25-27(24,6)15-14-26(30)28(25,31)16-13-22-17-23(29)10-9-20(22)4/h7-10,17-19,21,24-25,29,31H,11-16H2,1-6H3/b8-7+/t19-,21-,24-,25-,27-,28-/m1/s1. The molecule has 31 heavy (non-hydrogen) atoms. The second kappa shape index (κ2) is 9.10. The number of carbonyl (C=O) groups excluding carboxylic acids is 1. The normalized spacial score (nSPS) is 33.1. The average molecular weight is 427 g/mol. The maximum absolute atomic E-state index is 13.0. The number of aromatic hydroxyl groups is 1. The summed E-state index contributed by atoms with van der Waals surface area (Å²) >= 11 is 0. The number of aliphatic hydroxyl groups is 1. The first-order valence-electron chi connectivity index (χ1n) is 12.2. The first kappa shape index (κ1) is 24.0. The summed E-state index contributed by atoms with van der Waals surface area (Å²) in [6, 6.07) is 5.36. The molecular weight excluding hydrogens is 384 g/mol. The number of phenolic OH excluding ortho intramolecular Hbond substituents is 1. The molecule has 2 aliphatic rings. The molecule has 0 aromatic heterocycles. The van der Waals surface area contributed by atoms with Gasteiger partial charge in [0.1, 0.15) is 11.4 Å². The molecule has 3 heteroatoms. The van der Waals surface area contributed by atoms with Gasteiger partial charge < -0.3 is 10.2 Å². The zero-order chi connectivity index (χ0) is 23.0. The van der Waals surface area contributed by atoms with E-state index in [2.05, 4.69) is 46.8 Å². The number of hydrogen-bond acceptors (Lipinski definition) is 3. The number of rotatable bonds is 7. The first-order chi connectivity index (χ1) is 14.5. The molecule has 0 heterocycles.